The van der Waals surface area contributed by atoms with Crippen LogP contribution in [0.4, 0.5) is 5.69 Å². The highest BCUT2D eigenvalue weighted by Crippen LogP contribution is 2.04. The molecule has 1 aromatic rings. The number of carbonyl (C=O) groups is 2. The molecule has 1 aromatic carbocycles. The van der Waals surface area contributed by atoms with Crippen LogP contribution < -0.4 is 5.73 Å². The van der Waals surface area contributed by atoms with Crippen molar-refractivity contribution in [2.24, 2.45) is 0 Å². The standard InChI is InChI=1S/C7H7NO2.C2H4O2/c8-6-3-1-5(2-4-6)7(9)10;1-2(3)4/h1-4H,8H2,(H,9,10);1H3,(H,3,4). The first-order valence-corrected chi connectivity index (χ1v) is 3.72. The minimum Gasteiger partial charge on any atom is -0.481 e. The number of nitrogens with two attached hydrogens (primary N) is 1. The van der Waals surface area contributed by atoms with E-state index in [1.165, 1.54) is 12.1 Å². The van der Waals surface area contributed by atoms with Gasteiger partial charge in [-0.25, -0.2) is 4.79 Å². The van der Waals surface area contributed by atoms with Gasteiger partial charge in [0, 0.05) is 12.6 Å². The Kier molecular flexibility index (Phi) is 4.77. The second kappa shape index (κ2) is 5.58. The first-order valence-electron chi connectivity index (χ1n) is 3.72. The molecule has 0 spiro atoms. The Hall–Kier alpha value is -2.04. The van der Waals surface area contributed by atoms with Gasteiger partial charge in [-0.2, -0.15) is 0 Å². The van der Waals surface area contributed by atoms with Crippen LogP contribution in [0.5, 0.6) is 0 Å². The van der Waals surface area contributed by atoms with Crippen molar-refractivity contribution in [2.45, 2.75) is 6.92 Å². The summed E-state index contributed by atoms with van der Waals surface area (Å²) in [5.74, 6) is -1.76. The number of nitrogen functional groups attached to an aromatic ring is 1. The topological polar surface area (TPSA) is 101 Å². The van der Waals surface area contributed by atoms with E-state index in [4.69, 9.17) is 20.7 Å². The average molecular weight is 197 g/mol. The molecular weight excluding hydrogens is 186 g/mol. The third-order valence-electron chi connectivity index (χ3n) is 1.16. The van der Waals surface area contributed by atoms with Crippen LogP contribution in [0.25, 0.3) is 0 Å². The molecule has 4 N–H and O–H groups in total. The highest BCUT2D eigenvalue weighted by molar-refractivity contribution is 5.87. The fourth-order valence-electron chi connectivity index (χ4n) is 0.626. The van der Waals surface area contributed by atoms with Crippen molar-refractivity contribution in [3.05, 3.63) is 29.8 Å². The van der Waals surface area contributed by atoms with Crippen molar-refractivity contribution < 1.29 is 19.8 Å². The Morgan fingerprint density at radius 3 is 1.79 bits per heavy atom. The molecule has 5 nitrogen and oxygen atoms in total. The van der Waals surface area contributed by atoms with Crippen molar-refractivity contribution in [3.8, 4) is 0 Å². The van der Waals surface area contributed by atoms with Crippen molar-refractivity contribution in [2.75, 3.05) is 5.73 Å². The molecule has 76 valence electrons. The van der Waals surface area contributed by atoms with E-state index in [-0.39, 0.29) is 5.56 Å². The van der Waals surface area contributed by atoms with Crippen LogP contribution in [0.1, 0.15) is 17.3 Å². The van der Waals surface area contributed by atoms with E-state index < -0.39 is 11.9 Å². The van der Waals surface area contributed by atoms with Gasteiger partial charge < -0.3 is 15.9 Å². The molecule has 0 unspecified atom stereocenters. The summed E-state index contributed by atoms with van der Waals surface area (Å²) in [5.41, 5.74) is 6.17. The van der Waals surface area contributed by atoms with Gasteiger partial charge in [0.05, 0.1) is 5.56 Å². The van der Waals surface area contributed by atoms with E-state index in [1.54, 1.807) is 12.1 Å². The van der Waals surface area contributed by atoms with Crippen LogP contribution >= 0.6 is 0 Å². The Balaban J connectivity index is 0.000000364. The van der Waals surface area contributed by atoms with E-state index in [2.05, 4.69) is 0 Å². The van der Waals surface area contributed by atoms with Gasteiger partial charge >= 0.3 is 5.97 Å². The fraction of sp³-hybridized carbons (Fsp3) is 0.111. The zero-order valence-electron chi connectivity index (χ0n) is 7.60. The first kappa shape index (κ1) is 12.0. The van der Waals surface area contributed by atoms with Crippen LogP contribution in [0, 0.1) is 0 Å². The average Bonchev–Trinajstić information content (AvgIpc) is 2.03. The second-order valence-electron chi connectivity index (χ2n) is 2.45. The summed E-state index contributed by atoms with van der Waals surface area (Å²) in [6.07, 6.45) is 0. The number of hydrogen-bond donors (Lipinski definition) is 3. The van der Waals surface area contributed by atoms with E-state index in [1.807, 2.05) is 0 Å². The fourth-order valence-corrected chi connectivity index (χ4v) is 0.626. The van der Waals surface area contributed by atoms with Crippen LogP contribution in [0.3, 0.4) is 0 Å². The predicted octanol–water partition coefficient (Wildman–Crippen LogP) is 1.06. The summed E-state index contributed by atoms with van der Waals surface area (Å²) >= 11 is 0. The lowest BCUT2D eigenvalue weighted by atomic mass is 10.2. The molecule has 0 fully saturated rings. The summed E-state index contributed by atoms with van der Waals surface area (Å²) < 4.78 is 0. The molecular formula is C9H11NO4. The highest BCUT2D eigenvalue weighted by atomic mass is 16.4. The summed E-state index contributed by atoms with van der Waals surface area (Å²) in [6.45, 7) is 1.08. The molecule has 14 heavy (non-hydrogen) atoms. The summed E-state index contributed by atoms with van der Waals surface area (Å²) in [6, 6.07) is 6.06. The van der Waals surface area contributed by atoms with Gasteiger partial charge in [-0.05, 0) is 24.3 Å². The van der Waals surface area contributed by atoms with E-state index in [0.29, 0.717) is 5.69 Å². The molecule has 0 amide bonds. The normalized spacial score (nSPS) is 8.36. The Labute approximate surface area is 80.8 Å². The van der Waals surface area contributed by atoms with Gasteiger partial charge in [-0.1, -0.05) is 0 Å². The van der Waals surface area contributed by atoms with Crippen molar-refractivity contribution in [1.82, 2.24) is 0 Å². The highest BCUT2D eigenvalue weighted by Gasteiger charge is 1.98. The molecule has 0 aliphatic heterocycles. The molecule has 0 aliphatic carbocycles. The molecule has 0 bridgehead atoms. The summed E-state index contributed by atoms with van der Waals surface area (Å²) in [5, 5.41) is 15.9. The quantitative estimate of drug-likeness (QED) is 0.584. The molecule has 0 atom stereocenters. The lowest BCUT2D eigenvalue weighted by Crippen LogP contribution is -1.95. The smallest absolute Gasteiger partial charge is 0.335 e. The molecule has 1 rings (SSSR count). The van der Waals surface area contributed by atoms with Gasteiger partial charge in [-0.3, -0.25) is 4.79 Å². The second-order valence-corrected chi connectivity index (χ2v) is 2.45. The van der Waals surface area contributed by atoms with Gasteiger partial charge in [0.2, 0.25) is 0 Å². The van der Waals surface area contributed by atoms with Crippen LogP contribution in [-0.2, 0) is 4.79 Å². The number of rotatable bonds is 1. The number of aliphatic carboxylic acids is 1. The molecule has 0 saturated carbocycles. The van der Waals surface area contributed by atoms with Crippen LogP contribution in [0.15, 0.2) is 24.3 Å². The molecule has 0 saturated heterocycles. The predicted molar refractivity (Wildman–Crippen MR) is 51.1 cm³/mol. The monoisotopic (exact) mass is 197 g/mol. The van der Waals surface area contributed by atoms with Gasteiger partial charge in [0.1, 0.15) is 0 Å². The SMILES string of the molecule is CC(=O)O.Nc1ccc(C(=O)O)cc1. The van der Waals surface area contributed by atoms with Gasteiger partial charge in [-0.15, -0.1) is 0 Å². The van der Waals surface area contributed by atoms with Crippen molar-refractivity contribution >= 4 is 17.6 Å². The molecule has 5 heteroatoms. The number of carboxylic acids is 2. The van der Waals surface area contributed by atoms with E-state index >= 15 is 0 Å². The van der Waals surface area contributed by atoms with Crippen LogP contribution in [0.2, 0.25) is 0 Å². The van der Waals surface area contributed by atoms with E-state index in [0.717, 1.165) is 6.92 Å². The maximum atomic E-state index is 10.3. The first-order chi connectivity index (χ1) is 6.43. The Bertz CT molecular complexity index is 314. The molecule has 0 heterocycles. The zero-order chi connectivity index (χ0) is 11.1. The minimum absolute atomic E-state index is 0.259. The van der Waals surface area contributed by atoms with Gasteiger partial charge in [0.25, 0.3) is 5.97 Å². The summed E-state index contributed by atoms with van der Waals surface area (Å²) in [4.78, 5) is 19.3. The largest absolute Gasteiger partial charge is 0.481 e. The lowest BCUT2D eigenvalue weighted by molar-refractivity contribution is -0.134. The minimum atomic E-state index is -0.931. The van der Waals surface area contributed by atoms with Gasteiger partial charge in [0.15, 0.2) is 0 Å². The number of anilines is 1. The molecule has 0 aromatic heterocycles. The number of benzene rings is 1. The summed E-state index contributed by atoms with van der Waals surface area (Å²) in [7, 11) is 0. The third kappa shape index (κ3) is 5.59. The third-order valence-corrected chi connectivity index (χ3v) is 1.16. The van der Waals surface area contributed by atoms with Crippen molar-refractivity contribution in [1.29, 1.82) is 0 Å². The molecule has 0 aliphatic rings. The number of carboxylic acid groups (broad SMARTS) is 2. The van der Waals surface area contributed by atoms with E-state index in [9.17, 15) is 4.79 Å². The van der Waals surface area contributed by atoms with Crippen LogP contribution in [-0.4, -0.2) is 22.2 Å². The number of hydrogen-bond acceptors (Lipinski definition) is 3. The zero-order valence-corrected chi connectivity index (χ0v) is 7.60. The van der Waals surface area contributed by atoms with Crippen molar-refractivity contribution in [3.63, 3.8) is 0 Å². The Morgan fingerprint density at radius 1 is 1.14 bits per heavy atom. The molecule has 0 radical (unpaired) electrons. The maximum absolute atomic E-state index is 10.3. The lowest BCUT2D eigenvalue weighted by Gasteiger charge is -1.93. The number of aromatic carboxylic acids is 1. The maximum Gasteiger partial charge on any atom is 0.335 e. The Morgan fingerprint density at radius 2 is 1.50 bits per heavy atom.